The van der Waals surface area contributed by atoms with Gasteiger partial charge < -0.3 is 10.4 Å². The maximum absolute atomic E-state index is 12.6. The van der Waals surface area contributed by atoms with E-state index in [0.29, 0.717) is 6.42 Å². The summed E-state index contributed by atoms with van der Waals surface area (Å²) in [4.78, 5) is 11.7. The second-order valence-electron chi connectivity index (χ2n) is 5.41. The van der Waals surface area contributed by atoms with Crippen molar-refractivity contribution in [2.24, 2.45) is 5.92 Å². The number of halogens is 3. The van der Waals surface area contributed by atoms with Crippen LogP contribution in [0.25, 0.3) is 0 Å². The van der Waals surface area contributed by atoms with Gasteiger partial charge in [-0.2, -0.15) is 13.2 Å². The molecule has 2 N–H and O–H groups in total. The average molecular weight is 313 g/mol. The first-order chi connectivity index (χ1) is 10.4. The van der Waals surface area contributed by atoms with E-state index in [1.807, 2.05) is 12.2 Å². The van der Waals surface area contributed by atoms with Crippen LogP contribution in [0.5, 0.6) is 0 Å². The fourth-order valence-corrected chi connectivity index (χ4v) is 2.43. The van der Waals surface area contributed by atoms with Gasteiger partial charge in [0, 0.05) is 13.0 Å². The Morgan fingerprint density at radius 1 is 1.41 bits per heavy atom. The second kappa shape index (κ2) is 6.96. The highest BCUT2D eigenvalue weighted by molar-refractivity contribution is 5.76. The van der Waals surface area contributed by atoms with E-state index in [4.69, 9.17) is 0 Å². The van der Waals surface area contributed by atoms with Crippen LogP contribution in [-0.4, -0.2) is 17.6 Å². The molecule has 2 unspecified atom stereocenters. The lowest BCUT2D eigenvalue weighted by Gasteiger charge is -2.15. The molecule has 1 aliphatic carbocycles. The number of rotatable bonds is 5. The number of alkyl halides is 3. The van der Waals surface area contributed by atoms with Crippen LogP contribution in [0.4, 0.5) is 13.2 Å². The highest BCUT2D eigenvalue weighted by Gasteiger charge is 2.30. The highest BCUT2D eigenvalue weighted by atomic mass is 19.4. The van der Waals surface area contributed by atoms with Crippen molar-refractivity contribution < 1.29 is 23.1 Å². The van der Waals surface area contributed by atoms with Crippen LogP contribution in [0.3, 0.4) is 0 Å². The molecular weight excluding hydrogens is 295 g/mol. The maximum atomic E-state index is 12.6. The summed E-state index contributed by atoms with van der Waals surface area (Å²) in [6.45, 7) is -0.101. The fourth-order valence-electron chi connectivity index (χ4n) is 2.43. The van der Waals surface area contributed by atoms with E-state index >= 15 is 0 Å². The Morgan fingerprint density at radius 2 is 2.18 bits per heavy atom. The molecule has 6 heteroatoms. The van der Waals surface area contributed by atoms with Crippen LogP contribution in [0.15, 0.2) is 36.4 Å². The Bertz CT molecular complexity index is 555. The molecule has 120 valence electrons. The van der Waals surface area contributed by atoms with Gasteiger partial charge in [-0.15, -0.1) is 0 Å². The van der Waals surface area contributed by atoms with Crippen molar-refractivity contribution in [3.05, 3.63) is 47.5 Å². The summed E-state index contributed by atoms with van der Waals surface area (Å²) in [5.74, 6) is 0.00766. The van der Waals surface area contributed by atoms with Crippen molar-refractivity contribution in [3.8, 4) is 0 Å². The molecule has 1 aromatic rings. The smallest absolute Gasteiger partial charge is 0.387 e. The normalized spacial score (nSPS) is 19.2. The molecular formula is C16H18F3NO2. The minimum absolute atomic E-state index is 0.101. The zero-order chi connectivity index (χ0) is 16.2. The van der Waals surface area contributed by atoms with Gasteiger partial charge in [-0.25, -0.2) is 0 Å². The first-order valence-corrected chi connectivity index (χ1v) is 7.15. The number of hydrogen-bond acceptors (Lipinski definition) is 2. The molecule has 22 heavy (non-hydrogen) atoms. The van der Waals surface area contributed by atoms with Crippen LogP contribution in [-0.2, 0) is 11.0 Å². The summed E-state index contributed by atoms with van der Waals surface area (Å²) in [5, 5.41) is 12.5. The molecule has 0 fully saturated rings. The molecule has 0 aromatic heterocycles. The Hall–Kier alpha value is -1.82. The van der Waals surface area contributed by atoms with Crippen LogP contribution in [0.2, 0.25) is 0 Å². The van der Waals surface area contributed by atoms with Crippen molar-refractivity contribution in [1.82, 2.24) is 5.32 Å². The zero-order valence-electron chi connectivity index (χ0n) is 11.9. The van der Waals surface area contributed by atoms with Crippen LogP contribution in [0.1, 0.15) is 36.5 Å². The molecule has 0 saturated heterocycles. The number of nitrogens with one attached hydrogen (secondary N) is 1. The number of carbonyl (C=O) groups excluding carboxylic acids is 1. The molecule has 0 saturated carbocycles. The van der Waals surface area contributed by atoms with E-state index in [0.717, 1.165) is 25.0 Å². The summed E-state index contributed by atoms with van der Waals surface area (Å²) in [7, 11) is 0. The topological polar surface area (TPSA) is 49.3 Å². The van der Waals surface area contributed by atoms with Gasteiger partial charge in [0.15, 0.2) is 0 Å². The zero-order valence-corrected chi connectivity index (χ0v) is 11.9. The van der Waals surface area contributed by atoms with E-state index in [1.165, 1.54) is 12.1 Å². The lowest BCUT2D eigenvalue weighted by atomic mass is 10.0. The Balaban J connectivity index is 1.87. The standard InChI is InChI=1S/C16H18F3NO2/c17-16(18,19)13-7-3-6-12(9-13)14(21)10-20-15(22)8-11-4-1-2-5-11/h1,3-4,6-7,9,11,14,21H,2,5,8,10H2,(H,20,22). The summed E-state index contributed by atoms with van der Waals surface area (Å²) in [6, 6.07) is 4.50. The predicted octanol–water partition coefficient (Wildman–Crippen LogP) is 3.21. The highest BCUT2D eigenvalue weighted by Crippen LogP contribution is 2.30. The molecule has 2 atom stereocenters. The van der Waals surface area contributed by atoms with E-state index in [9.17, 15) is 23.1 Å². The number of allylic oxidation sites excluding steroid dienone is 2. The third kappa shape index (κ3) is 4.59. The molecule has 0 radical (unpaired) electrons. The first kappa shape index (κ1) is 16.5. The minimum atomic E-state index is -4.45. The molecule has 0 aliphatic heterocycles. The monoisotopic (exact) mass is 313 g/mol. The van der Waals surface area contributed by atoms with Crippen molar-refractivity contribution in [2.45, 2.75) is 31.5 Å². The van der Waals surface area contributed by atoms with Gasteiger partial charge in [-0.1, -0.05) is 24.3 Å². The van der Waals surface area contributed by atoms with Gasteiger partial charge in [-0.3, -0.25) is 4.79 Å². The third-order valence-electron chi connectivity index (χ3n) is 3.65. The van der Waals surface area contributed by atoms with Crippen molar-refractivity contribution >= 4 is 5.91 Å². The van der Waals surface area contributed by atoms with E-state index < -0.39 is 17.8 Å². The van der Waals surface area contributed by atoms with E-state index in [2.05, 4.69) is 5.32 Å². The molecule has 1 aliphatic rings. The van der Waals surface area contributed by atoms with Gasteiger partial charge in [0.2, 0.25) is 5.91 Å². The number of aliphatic hydroxyl groups is 1. The summed E-state index contributed by atoms with van der Waals surface area (Å²) < 4.78 is 37.8. The Morgan fingerprint density at radius 3 is 2.82 bits per heavy atom. The van der Waals surface area contributed by atoms with Crippen molar-refractivity contribution in [1.29, 1.82) is 0 Å². The van der Waals surface area contributed by atoms with Crippen molar-refractivity contribution in [2.75, 3.05) is 6.54 Å². The number of aliphatic hydroxyl groups excluding tert-OH is 1. The molecule has 0 bridgehead atoms. The minimum Gasteiger partial charge on any atom is -0.387 e. The predicted molar refractivity (Wildman–Crippen MR) is 75.9 cm³/mol. The van der Waals surface area contributed by atoms with Crippen LogP contribution < -0.4 is 5.32 Å². The molecule has 1 amide bonds. The molecule has 1 aromatic carbocycles. The van der Waals surface area contributed by atoms with Gasteiger partial charge in [-0.05, 0) is 36.5 Å². The average Bonchev–Trinajstić information content (AvgIpc) is 2.97. The Kier molecular flexibility index (Phi) is 5.24. The maximum Gasteiger partial charge on any atom is 0.416 e. The summed E-state index contributed by atoms with van der Waals surface area (Å²) in [5.41, 5.74) is -0.678. The molecule has 2 rings (SSSR count). The van der Waals surface area contributed by atoms with Gasteiger partial charge in [0.1, 0.15) is 0 Å². The second-order valence-corrected chi connectivity index (χ2v) is 5.41. The van der Waals surface area contributed by atoms with Gasteiger partial charge in [0.05, 0.1) is 11.7 Å². The van der Waals surface area contributed by atoms with Crippen LogP contribution in [0, 0.1) is 5.92 Å². The number of carbonyl (C=O) groups is 1. The first-order valence-electron chi connectivity index (χ1n) is 7.15. The molecule has 0 heterocycles. The van der Waals surface area contributed by atoms with Gasteiger partial charge >= 0.3 is 6.18 Å². The Labute approximate surface area is 126 Å². The summed E-state index contributed by atoms with van der Waals surface area (Å²) >= 11 is 0. The summed E-state index contributed by atoms with van der Waals surface area (Å²) in [6.07, 6.45) is 0.636. The van der Waals surface area contributed by atoms with Crippen LogP contribution >= 0.6 is 0 Å². The lowest BCUT2D eigenvalue weighted by molar-refractivity contribution is -0.137. The third-order valence-corrected chi connectivity index (χ3v) is 3.65. The number of amides is 1. The number of hydrogen-bond donors (Lipinski definition) is 2. The van der Waals surface area contributed by atoms with Gasteiger partial charge in [0.25, 0.3) is 0 Å². The number of benzene rings is 1. The lowest BCUT2D eigenvalue weighted by Crippen LogP contribution is -2.29. The quantitative estimate of drug-likeness (QED) is 0.820. The SMILES string of the molecule is O=C(CC1C=CCC1)NCC(O)c1cccc(C(F)(F)F)c1. The fraction of sp³-hybridized carbons (Fsp3) is 0.438. The molecule has 0 spiro atoms. The molecule has 3 nitrogen and oxygen atoms in total. The van der Waals surface area contributed by atoms with Crippen molar-refractivity contribution in [3.63, 3.8) is 0 Å². The van der Waals surface area contributed by atoms with E-state index in [1.54, 1.807) is 0 Å². The van der Waals surface area contributed by atoms with E-state index in [-0.39, 0.29) is 23.9 Å². The largest absolute Gasteiger partial charge is 0.416 e.